The highest BCUT2D eigenvalue weighted by molar-refractivity contribution is 6.00. The van der Waals surface area contributed by atoms with Gasteiger partial charge in [-0.2, -0.15) is 5.10 Å². The molecule has 1 atom stereocenters. The van der Waals surface area contributed by atoms with Crippen molar-refractivity contribution in [2.45, 2.75) is 13.0 Å². The van der Waals surface area contributed by atoms with Gasteiger partial charge < -0.3 is 25.0 Å². The first-order chi connectivity index (χ1) is 16.1. The van der Waals surface area contributed by atoms with Gasteiger partial charge in [-0.25, -0.2) is 14.6 Å². The van der Waals surface area contributed by atoms with Crippen LogP contribution in [-0.2, 0) is 20.9 Å². The molecule has 1 aromatic carbocycles. The third-order valence-corrected chi connectivity index (χ3v) is 5.52. The lowest BCUT2D eigenvalue weighted by Gasteiger charge is -2.17. The number of benzene rings is 1. The molecule has 2 amide bonds. The molecule has 2 N–H and O–H groups in total. The predicted octanol–water partition coefficient (Wildman–Crippen LogP) is 1.06. The highest BCUT2D eigenvalue weighted by atomic mass is 16.5. The fraction of sp³-hybridized carbons (Fsp3) is 0.409. The van der Waals surface area contributed by atoms with Crippen molar-refractivity contribution in [3.8, 4) is 5.75 Å². The zero-order chi connectivity index (χ0) is 23.2. The lowest BCUT2D eigenvalue weighted by atomic mass is 10.1. The monoisotopic (exact) mass is 453 g/mol. The van der Waals surface area contributed by atoms with E-state index >= 15 is 0 Å². The van der Waals surface area contributed by atoms with Crippen molar-refractivity contribution in [2.24, 2.45) is 5.92 Å². The number of anilines is 2. The number of carbonyl (C=O) groups excluding carboxylic acids is 2. The number of rotatable bonds is 10. The first-order valence-corrected chi connectivity index (χ1v) is 10.7. The van der Waals surface area contributed by atoms with E-state index in [4.69, 9.17) is 9.47 Å². The highest BCUT2D eigenvalue weighted by Crippen LogP contribution is 2.28. The van der Waals surface area contributed by atoms with Gasteiger partial charge in [0.05, 0.1) is 37.8 Å². The van der Waals surface area contributed by atoms with E-state index < -0.39 is 5.92 Å². The first kappa shape index (κ1) is 22.5. The van der Waals surface area contributed by atoms with Crippen molar-refractivity contribution in [3.63, 3.8) is 0 Å². The van der Waals surface area contributed by atoms with Crippen LogP contribution in [0.15, 0.2) is 36.8 Å². The SMILES string of the molecule is COCCNc1ncnc2c1cnn2CCNC(=O)C1CC(=O)N(c2cccc(OC)c2)C1. The molecule has 0 bridgehead atoms. The van der Waals surface area contributed by atoms with Crippen LogP contribution in [0, 0.1) is 5.92 Å². The Morgan fingerprint density at radius 2 is 2.12 bits per heavy atom. The summed E-state index contributed by atoms with van der Waals surface area (Å²) in [5, 5.41) is 11.3. The van der Waals surface area contributed by atoms with Gasteiger partial charge in [-0.05, 0) is 12.1 Å². The normalized spacial score (nSPS) is 15.8. The zero-order valence-electron chi connectivity index (χ0n) is 18.7. The molecule has 33 heavy (non-hydrogen) atoms. The Labute approximate surface area is 191 Å². The number of methoxy groups -OCH3 is 2. The van der Waals surface area contributed by atoms with Gasteiger partial charge in [0.15, 0.2) is 5.65 Å². The number of ether oxygens (including phenoxy) is 2. The Hall–Kier alpha value is -3.73. The number of aromatic nitrogens is 4. The molecule has 4 rings (SSSR count). The summed E-state index contributed by atoms with van der Waals surface area (Å²) in [7, 11) is 3.22. The fourth-order valence-corrected chi connectivity index (χ4v) is 3.81. The molecule has 11 heteroatoms. The summed E-state index contributed by atoms with van der Waals surface area (Å²) in [4.78, 5) is 35.4. The van der Waals surface area contributed by atoms with E-state index in [0.29, 0.717) is 50.0 Å². The molecule has 0 radical (unpaired) electrons. The second-order valence-electron chi connectivity index (χ2n) is 7.64. The summed E-state index contributed by atoms with van der Waals surface area (Å²) in [6.45, 7) is 2.34. The second-order valence-corrected chi connectivity index (χ2v) is 7.64. The van der Waals surface area contributed by atoms with E-state index in [0.717, 1.165) is 11.1 Å². The van der Waals surface area contributed by atoms with Crippen molar-refractivity contribution in [3.05, 3.63) is 36.8 Å². The summed E-state index contributed by atoms with van der Waals surface area (Å²) in [5.74, 6) is 0.723. The van der Waals surface area contributed by atoms with Gasteiger partial charge in [0.25, 0.3) is 0 Å². The van der Waals surface area contributed by atoms with Crippen molar-refractivity contribution in [1.82, 2.24) is 25.1 Å². The summed E-state index contributed by atoms with van der Waals surface area (Å²) < 4.78 is 12.0. The summed E-state index contributed by atoms with van der Waals surface area (Å²) in [6, 6.07) is 7.27. The Kier molecular flexibility index (Phi) is 6.98. The van der Waals surface area contributed by atoms with E-state index in [1.165, 1.54) is 6.33 Å². The van der Waals surface area contributed by atoms with Crippen LogP contribution in [0.4, 0.5) is 11.5 Å². The zero-order valence-corrected chi connectivity index (χ0v) is 18.7. The highest BCUT2D eigenvalue weighted by Gasteiger charge is 2.35. The lowest BCUT2D eigenvalue weighted by molar-refractivity contribution is -0.126. The molecule has 11 nitrogen and oxygen atoms in total. The Morgan fingerprint density at radius 1 is 1.24 bits per heavy atom. The van der Waals surface area contributed by atoms with Crippen LogP contribution in [0.25, 0.3) is 11.0 Å². The van der Waals surface area contributed by atoms with Crippen LogP contribution < -0.4 is 20.3 Å². The molecular weight excluding hydrogens is 426 g/mol. The van der Waals surface area contributed by atoms with Crippen molar-refractivity contribution in [2.75, 3.05) is 50.7 Å². The number of nitrogens with zero attached hydrogens (tertiary/aromatic N) is 5. The summed E-state index contributed by atoms with van der Waals surface area (Å²) in [5.41, 5.74) is 1.41. The van der Waals surface area contributed by atoms with E-state index in [2.05, 4.69) is 25.7 Å². The van der Waals surface area contributed by atoms with Gasteiger partial charge in [0.1, 0.15) is 17.9 Å². The Morgan fingerprint density at radius 3 is 2.94 bits per heavy atom. The van der Waals surface area contributed by atoms with E-state index in [-0.39, 0.29) is 18.2 Å². The van der Waals surface area contributed by atoms with Gasteiger partial charge in [-0.1, -0.05) is 6.07 Å². The average molecular weight is 454 g/mol. The molecule has 1 fully saturated rings. The number of nitrogens with one attached hydrogen (secondary N) is 2. The number of amides is 2. The van der Waals surface area contributed by atoms with Crippen molar-refractivity contribution < 1.29 is 19.1 Å². The van der Waals surface area contributed by atoms with E-state index in [9.17, 15) is 9.59 Å². The van der Waals surface area contributed by atoms with Crippen LogP contribution >= 0.6 is 0 Å². The van der Waals surface area contributed by atoms with Gasteiger partial charge in [-0.3, -0.25) is 9.59 Å². The maximum absolute atomic E-state index is 12.7. The third kappa shape index (κ3) is 5.03. The topological polar surface area (TPSA) is 124 Å². The number of fused-ring (bicyclic) bond motifs is 1. The number of hydrogen-bond acceptors (Lipinski definition) is 8. The standard InChI is InChI=1S/C22H27N7O4/c1-32-9-7-23-20-18-12-27-29(21(18)26-14-25-20)8-6-24-22(31)15-10-19(30)28(13-15)16-4-3-5-17(11-16)33-2/h3-5,11-12,14-15H,6-10,13H2,1-2H3,(H,24,31)(H,23,25,26). The average Bonchev–Trinajstić information content (AvgIpc) is 3.43. The second kappa shape index (κ2) is 10.3. The molecule has 0 aliphatic carbocycles. The smallest absolute Gasteiger partial charge is 0.227 e. The first-order valence-electron chi connectivity index (χ1n) is 10.7. The van der Waals surface area contributed by atoms with Crippen LogP contribution in [0.5, 0.6) is 5.75 Å². The minimum Gasteiger partial charge on any atom is -0.497 e. The summed E-state index contributed by atoms with van der Waals surface area (Å²) in [6.07, 6.45) is 3.36. The molecule has 1 unspecified atom stereocenters. The molecule has 3 heterocycles. The van der Waals surface area contributed by atoms with Crippen LogP contribution in [0.3, 0.4) is 0 Å². The fourth-order valence-electron chi connectivity index (χ4n) is 3.81. The van der Waals surface area contributed by atoms with Crippen LogP contribution in [0.1, 0.15) is 6.42 Å². The van der Waals surface area contributed by atoms with Gasteiger partial charge in [0, 0.05) is 44.9 Å². The van der Waals surface area contributed by atoms with E-state index in [1.54, 1.807) is 36.1 Å². The van der Waals surface area contributed by atoms with Crippen molar-refractivity contribution in [1.29, 1.82) is 0 Å². The lowest BCUT2D eigenvalue weighted by Crippen LogP contribution is -2.35. The largest absolute Gasteiger partial charge is 0.497 e. The molecule has 3 aromatic rings. The van der Waals surface area contributed by atoms with Crippen LogP contribution in [0.2, 0.25) is 0 Å². The van der Waals surface area contributed by atoms with E-state index in [1.807, 2.05) is 18.2 Å². The summed E-state index contributed by atoms with van der Waals surface area (Å²) >= 11 is 0. The third-order valence-electron chi connectivity index (χ3n) is 5.52. The predicted molar refractivity (Wildman–Crippen MR) is 122 cm³/mol. The molecule has 1 saturated heterocycles. The minimum atomic E-state index is -0.406. The molecule has 1 aliphatic heterocycles. The maximum Gasteiger partial charge on any atom is 0.227 e. The molecule has 174 valence electrons. The maximum atomic E-state index is 12.7. The quantitative estimate of drug-likeness (QED) is 0.437. The van der Waals surface area contributed by atoms with Crippen molar-refractivity contribution >= 4 is 34.4 Å². The number of carbonyl (C=O) groups is 2. The molecule has 2 aromatic heterocycles. The molecule has 0 saturated carbocycles. The number of hydrogen-bond donors (Lipinski definition) is 2. The van der Waals surface area contributed by atoms with Gasteiger partial charge >= 0.3 is 0 Å². The minimum absolute atomic E-state index is 0.0772. The molecular formula is C22H27N7O4. The Balaban J connectivity index is 1.33. The van der Waals surface area contributed by atoms with Crippen LogP contribution in [-0.4, -0.2) is 72.0 Å². The van der Waals surface area contributed by atoms with Gasteiger partial charge in [0.2, 0.25) is 11.8 Å². The molecule has 1 aliphatic rings. The van der Waals surface area contributed by atoms with Gasteiger partial charge in [-0.15, -0.1) is 0 Å². The Bertz CT molecular complexity index is 1130. The molecule has 0 spiro atoms.